The summed E-state index contributed by atoms with van der Waals surface area (Å²) in [5.41, 5.74) is 0.122. The third-order valence-electron chi connectivity index (χ3n) is 4.08. The molecule has 0 saturated carbocycles. The molecule has 1 N–H and O–H groups in total. The van der Waals surface area contributed by atoms with Gasteiger partial charge in [0.05, 0.1) is 31.9 Å². The van der Waals surface area contributed by atoms with Crippen molar-refractivity contribution in [1.29, 1.82) is 0 Å². The van der Waals surface area contributed by atoms with Crippen molar-refractivity contribution in [3.05, 3.63) is 48.3 Å². The van der Waals surface area contributed by atoms with Crippen molar-refractivity contribution < 1.29 is 27.1 Å². The zero-order chi connectivity index (χ0) is 20.9. The molecular formula is C19H23FN2O5S. The van der Waals surface area contributed by atoms with Gasteiger partial charge in [0.1, 0.15) is 23.4 Å². The van der Waals surface area contributed by atoms with Gasteiger partial charge in [0.15, 0.2) is 0 Å². The molecule has 0 heterocycles. The molecule has 7 nitrogen and oxygen atoms in total. The lowest BCUT2D eigenvalue weighted by Gasteiger charge is -2.30. The number of hydrogen-bond acceptors (Lipinski definition) is 5. The van der Waals surface area contributed by atoms with Crippen molar-refractivity contribution >= 4 is 27.3 Å². The first-order chi connectivity index (χ1) is 13.2. The van der Waals surface area contributed by atoms with Crippen LogP contribution in [-0.4, -0.2) is 40.8 Å². The second-order valence-corrected chi connectivity index (χ2v) is 7.85. The zero-order valence-electron chi connectivity index (χ0n) is 16.1. The highest BCUT2D eigenvalue weighted by atomic mass is 32.2. The van der Waals surface area contributed by atoms with Crippen LogP contribution in [0, 0.1) is 5.82 Å². The summed E-state index contributed by atoms with van der Waals surface area (Å²) in [5.74, 6) is -0.500. The Kier molecular flexibility index (Phi) is 6.85. The minimum Gasteiger partial charge on any atom is -0.497 e. The van der Waals surface area contributed by atoms with E-state index in [0.29, 0.717) is 17.2 Å². The zero-order valence-corrected chi connectivity index (χ0v) is 16.9. The number of para-hydroxylation sites is 1. The van der Waals surface area contributed by atoms with Crippen LogP contribution in [0.2, 0.25) is 0 Å². The van der Waals surface area contributed by atoms with Crippen molar-refractivity contribution in [2.75, 3.05) is 30.1 Å². The van der Waals surface area contributed by atoms with Gasteiger partial charge in [-0.25, -0.2) is 12.8 Å². The van der Waals surface area contributed by atoms with E-state index < -0.39 is 27.8 Å². The summed E-state index contributed by atoms with van der Waals surface area (Å²) in [5, 5.41) is 2.66. The van der Waals surface area contributed by atoms with E-state index in [0.717, 1.165) is 16.6 Å². The minimum atomic E-state index is -3.94. The number of benzene rings is 2. The Hall–Kier alpha value is -2.81. The number of sulfonamides is 1. The molecule has 0 aliphatic heterocycles. The van der Waals surface area contributed by atoms with E-state index in [9.17, 15) is 17.6 Å². The molecule has 2 aromatic rings. The van der Waals surface area contributed by atoms with Gasteiger partial charge in [0, 0.05) is 6.07 Å². The van der Waals surface area contributed by atoms with Gasteiger partial charge in [-0.05, 0) is 30.7 Å². The number of amides is 1. The number of ether oxygens (including phenoxy) is 2. The Labute approximate surface area is 164 Å². The Morgan fingerprint density at radius 1 is 1.18 bits per heavy atom. The summed E-state index contributed by atoms with van der Waals surface area (Å²) >= 11 is 0. The van der Waals surface area contributed by atoms with E-state index in [1.807, 2.05) is 0 Å². The van der Waals surface area contributed by atoms with Gasteiger partial charge < -0.3 is 14.8 Å². The average molecular weight is 410 g/mol. The molecule has 0 saturated heterocycles. The molecule has 2 aromatic carbocycles. The molecule has 1 atom stereocenters. The Morgan fingerprint density at radius 2 is 1.86 bits per heavy atom. The standard InChI is InChI=1S/C19H23FN2O5S/c1-5-16(22(28(4,24)25)17-9-7-6-8-14(17)20)19(23)21-15-12-13(26-2)10-11-18(15)27-3/h6-12,16H,5H2,1-4H3,(H,21,23)/t16-/m0/s1. The summed E-state index contributed by atoms with van der Waals surface area (Å²) in [7, 11) is -1.02. The smallest absolute Gasteiger partial charge is 0.248 e. The highest BCUT2D eigenvalue weighted by Gasteiger charge is 2.33. The second kappa shape index (κ2) is 8.92. The minimum absolute atomic E-state index is 0.125. The van der Waals surface area contributed by atoms with Crippen LogP contribution in [0.4, 0.5) is 15.8 Å². The van der Waals surface area contributed by atoms with E-state index in [1.165, 1.54) is 32.4 Å². The molecule has 152 valence electrons. The summed E-state index contributed by atoms with van der Waals surface area (Å²) < 4.78 is 50.3. The van der Waals surface area contributed by atoms with Gasteiger partial charge in [-0.3, -0.25) is 9.10 Å². The Morgan fingerprint density at radius 3 is 2.39 bits per heavy atom. The molecule has 0 aromatic heterocycles. The van der Waals surface area contributed by atoms with Crippen LogP contribution in [-0.2, 0) is 14.8 Å². The topological polar surface area (TPSA) is 84.9 Å². The van der Waals surface area contributed by atoms with E-state index in [1.54, 1.807) is 25.1 Å². The highest BCUT2D eigenvalue weighted by molar-refractivity contribution is 7.92. The van der Waals surface area contributed by atoms with Gasteiger partial charge in [-0.1, -0.05) is 19.1 Å². The monoisotopic (exact) mass is 410 g/mol. The lowest BCUT2D eigenvalue weighted by molar-refractivity contribution is -0.117. The number of carbonyl (C=O) groups excluding carboxylic acids is 1. The van der Waals surface area contributed by atoms with Crippen LogP contribution < -0.4 is 19.1 Å². The third-order valence-corrected chi connectivity index (χ3v) is 5.25. The first kappa shape index (κ1) is 21.5. The summed E-state index contributed by atoms with van der Waals surface area (Å²) in [6.45, 7) is 1.64. The van der Waals surface area contributed by atoms with E-state index >= 15 is 0 Å². The predicted octanol–water partition coefficient (Wildman–Crippen LogP) is 3.03. The molecule has 0 spiro atoms. The normalized spacial score (nSPS) is 12.2. The Balaban J connectivity index is 2.45. The number of nitrogens with zero attached hydrogens (tertiary/aromatic N) is 1. The number of rotatable bonds is 8. The van der Waals surface area contributed by atoms with Crippen molar-refractivity contribution in [3.8, 4) is 11.5 Å². The summed E-state index contributed by atoms with van der Waals surface area (Å²) in [6, 6.07) is 9.07. The van der Waals surface area contributed by atoms with Crippen LogP contribution in [0.3, 0.4) is 0 Å². The molecule has 0 bridgehead atoms. The average Bonchev–Trinajstić information content (AvgIpc) is 2.65. The van der Waals surface area contributed by atoms with Crippen LogP contribution in [0.25, 0.3) is 0 Å². The van der Waals surface area contributed by atoms with Gasteiger partial charge in [-0.2, -0.15) is 0 Å². The predicted molar refractivity (Wildman–Crippen MR) is 106 cm³/mol. The maximum absolute atomic E-state index is 14.3. The molecule has 0 radical (unpaired) electrons. The molecule has 2 rings (SSSR count). The SMILES string of the molecule is CC[C@@H](C(=O)Nc1cc(OC)ccc1OC)N(c1ccccc1F)S(C)(=O)=O. The van der Waals surface area contributed by atoms with Crippen molar-refractivity contribution in [3.63, 3.8) is 0 Å². The van der Waals surface area contributed by atoms with Crippen LogP contribution in [0.15, 0.2) is 42.5 Å². The molecule has 9 heteroatoms. The van der Waals surface area contributed by atoms with Gasteiger partial charge >= 0.3 is 0 Å². The van der Waals surface area contributed by atoms with E-state index in [4.69, 9.17) is 9.47 Å². The Bertz CT molecular complexity index is 949. The number of methoxy groups -OCH3 is 2. The van der Waals surface area contributed by atoms with Crippen molar-refractivity contribution in [1.82, 2.24) is 0 Å². The summed E-state index contributed by atoms with van der Waals surface area (Å²) in [6.07, 6.45) is 1.06. The van der Waals surface area contributed by atoms with Crippen molar-refractivity contribution in [2.45, 2.75) is 19.4 Å². The molecule has 0 aliphatic carbocycles. The number of nitrogens with one attached hydrogen (secondary N) is 1. The van der Waals surface area contributed by atoms with Crippen LogP contribution in [0.1, 0.15) is 13.3 Å². The van der Waals surface area contributed by atoms with E-state index in [2.05, 4.69) is 5.32 Å². The fourth-order valence-electron chi connectivity index (χ4n) is 2.79. The number of halogens is 1. The van der Waals surface area contributed by atoms with Gasteiger partial charge in [0.2, 0.25) is 15.9 Å². The van der Waals surface area contributed by atoms with Crippen LogP contribution >= 0.6 is 0 Å². The molecule has 1 amide bonds. The molecule has 28 heavy (non-hydrogen) atoms. The third kappa shape index (κ3) is 4.72. The van der Waals surface area contributed by atoms with E-state index in [-0.39, 0.29) is 12.1 Å². The first-order valence-corrected chi connectivity index (χ1v) is 10.3. The fourth-order valence-corrected chi connectivity index (χ4v) is 4.01. The number of carbonyl (C=O) groups is 1. The van der Waals surface area contributed by atoms with Crippen LogP contribution in [0.5, 0.6) is 11.5 Å². The second-order valence-electron chi connectivity index (χ2n) is 5.99. The lowest BCUT2D eigenvalue weighted by atomic mass is 10.1. The largest absolute Gasteiger partial charge is 0.497 e. The first-order valence-electron chi connectivity index (χ1n) is 8.49. The van der Waals surface area contributed by atoms with Crippen molar-refractivity contribution in [2.24, 2.45) is 0 Å². The lowest BCUT2D eigenvalue weighted by Crippen LogP contribution is -2.47. The molecule has 0 fully saturated rings. The fraction of sp³-hybridized carbons (Fsp3) is 0.316. The number of anilines is 2. The molecule has 0 unspecified atom stereocenters. The summed E-state index contributed by atoms with van der Waals surface area (Å²) in [4.78, 5) is 12.9. The molecular weight excluding hydrogens is 387 g/mol. The highest BCUT2D eigenvalue weighted by Crippen LogP contribution is 2.30. The number of hydrogen-bond donors (Lipinski definition) is 1. The van der Waals surface area contributed by atoms with Gasteiger partial charge in [-0.15, -0.1) is 0 Å². The maximum Gasteiger partial charge on any atom is 0.248 e. The maximum atomic E-state index is 14.3. The quantitative estimate of drug-likeness (QED) is 0.723. The van der Waals surface area contributed by atoms with Gasteiger partial charge in [0.25, 0.3) is 0 Å². The molecule has 0 aliphatic rings.